The van der Waals surface area contributed by atoms with Crippen LogP contribution in [0.2, 0.25) is 15.1 Å². The molecule has 1 atom stereocenters. The van der Waals surface area contributed by atoms with Crippen molar-refractivity contribution in [3.05, 3.63) is 63.1 Å². The van der Waals surface area contributed by atoms with E-state index in [1.165, 1.54) is 12.1 Å². The van der Waals surface area contributed by atoms with Crippen LogP contribution < -0.4 is 0 Å². The first-order valence-corrected chi connectivity index (χ1v) is 7.80. The second-order valence-corrected chi connectivity index (χ2v) is 5.83. The van der Waals surface area contributed by atoms with Crippen molar-refractivity contribution in [2.45, 2.75) is 6.04 Å². The van der Waals surface area contributed by atoms with Gasteiger partial charge in [0.15, 0.2) is 0 Å². The van der Waals surface area contributed by atoms with Crippen LogP contribution in [-0.2, 0) is 9.53 Å². The molecule has 24 heavy (non-hydrogen) atoms. The molecular formula is C16H11Cl3N2O3. The third kappa shape index (κ3) is 4.32. The molecule has 0 saturated carbocycles. The first-order valence-electron chi connectivity index (χ1n) is 6.66. The maximum Gasteiger partial charge on any atom is 0.340 e. The lowest BCUT2D eigenvalue weighted by Crippen LogP contribution is -2.29. The van der Waals surface area contributed by atoms with Gasteiger partial charge in [0.1, 0.15) is 0 Å². The van der Waals surface area contributed by atoms with Crippen LogP contribution in [0.4, 0.5) is 5.69 Å². The molecule has 124 valence electrons. The molecule has 0 heterocycles. The Morgan fingerprint density at radius 2 is 1.58 bits per heavy atom. The smallest absolute Gasteiger partial charge is 0.340 e. The molecule has 0 amide bonds. The Labute approximate surface area is 153 Å². The Kier molecular flexibility index (Phi) is 6.31. The summed E-state index contributed by atoms with van der Waals surface area (Å²) in [7, 11) is 1.15. The van der Waals surface area contributed by atoms with Crippen molar-refractivity contribution in [3.8, 4) is 0 Å². The molecule has 8 heteroatoms. The van der Waals surface area contributed by atoms with E-state index in [1.807, 2.05) is 0 Å². The standard InChI is InChI=1S/C16H11Cl3N2O3/c1-24-16(23)14(21-20-10-7-5-9(17)6-8-10)15(22)13-11(18)3-2-4-12(13)19/h2-8,14H,1H3/t14-/m0/s1. The molecule has 0 N–H and O–H groups in total. The highest BCUT2D eigenvalue weighted by Crippen LogP contribution is 2.27. The Bertz CT molecular complexity index is 771. The highest BCUT2D eigenvalue weighted by atomic mass is 35.5. The molecule has 5 nitrogen and oxygen atoms in total. The van der Waals surface area contributed by atoms with Gasteiger partial charge < -0.3 is 4.74 Å². The number of hydrogen-bond acceptors (Lipinski definition) is 5. The summed E-state index contributed by atoms with van der Waals surface area (Å²) in [5.41, 5.74) is 0.414. The third-order valence-electron chi connectivity index (χ3n) is 3.00. The zero-order valence-electron chi connectivity index (χ0n) is 12.4. The number of carbonyl (C=O) groups excluding carboxylic acids is 2. The summed E-state index contributed by atoms with van der Waals surface area (Å²) in [6.07, 6.45) is 0. The van der Waals surface area contributed by atoms with Gasteiger partial charge in [0.2, 0.25) is 11.8 Å². The van der Waals surface area contributed by atoms with E-state index >= 15 is 0 Å². The van der Waals surface area contributed by atoms with E-state index in [0.717, 1.165) is 7.11 Å². The summed E-state index contributed by atoms with van der Waals surface area (Å²) < 4.78 is 4.62. The van der Waals surface area contributed by atoms with Crippen LogP contribution in [0.5, 0.6) is 0 Å². The van der Waals surface area contributed by atoms with E-state index < -0.39 is 17.8 Å². The molecule has 2 rings (SSSR count). The number of Topliss-reactive ketones (excluding diaryl/α,β-unsaturated/α-hetero) is 1. The van der Waals surface area contributed by atoms with Gasteiger partial charge in [-0.25, -0.2) is 4.79 Å². The van der Waals surface area contributed by atoms with Crippen molar-refractivity contribution in [2.24, 2.45) is 10.2 Å². The Balaban J connectivity index is 2.36. The van der Waals surface area contributed by atoms with Gasteiger partial charge >= 0.3 is 5.97 Å². The predicted octanol–water partition coefficient (Wildman–Crippen LogP) is 5.16. The lowest BCUT2D eigenvalue weighted by atomic mass is 10.0. The molecular weight excluding hydrogens is 375 g/mol. The van der Waals surface area contributed by atoms with Crippen molar-refractivity contribution in [1.82, 2.24) is 0 Å². The van der Waals surface area contributed by atoms with Gasteiger partial charge in [0.25, 0.3) is 0 Å². The predicted molar refractivity (Wildman–Crippen MR) is 92.6 cm³/mol. The quantitative estimate of drug-likeness (QED) is 0.309. The molecule has 0 bridgehead atoms. The second kappa shape index (κ2) is 8.24. The van der Waals surface area contributed by atoms with Gasteiger partial charge in [-0.1, -0.05) is 40.9 Å². The molecule has 0 saturated heterocycles. The highest BCUT2D eigenvalue weighted by Gasteiger charge is 2.31. The van der Waals surface area contributed by atoms with Crippen molar-refractivity contribution in [2.75, 3.05) is 7.11 Å². The van der Waals surface area contributed by atoms with Crippen LogP contribution in [0, 0.1) is 0 Å². The molecule has 0 fully saturated rings. The summed E-state index contributed by atoms with van der Waals surface area (Å²) in [4.78, 5) is 24.5. The van der Waals surface area contributed by atoms with Gasteiger partial charge in [-0.15, -0.1) is 0 Å². The average molecular weight is 386 g/mol. The third-order valence-corrected chi connectivity index (χ3v) is 3.88. The zero-order chi connectivity index (χ0) is 17.7. The summed E-state index contributed by atoms with van der Waals surface area (Å²) in [5, 5.41) is 8.43. The van der Waals surface area contributed by atoms with E-state index in [2.05, 4.69) is 15.0 Å². The molecule has 0 aromatic heterocycles. The lowest BCUT2D eigenvalue weighted by molar-refractivity contribution is -0.140. The highest BCUT2D eigenvalue weighted by molar-refractivity contribution is 6.40. The number of esters is 1. The molecule has 0 aliphatic carbocycles. The summed E-state index contributed by atoms with van der Waals surface area (Å²) >= 11 is 17.8. The number of halogens is 3. The van der Waals surface area contributed by atoms with Gasteiger partial charge in [0, 0.05) is 5.02 Å². The molecule has 0 spiro atoms. The van der Waals surface area contributed by atoms with Crippen molar-refractivity contribution >= 4 is 52.2 Å². The van der Waals surface area contributed by atoms with E-state index in [-0.39, 0.29) is 15.6 Å². The number of benzene rings is 2. The number of methoxy groups -OCH3 is 1. The normalized spacial score (nSPS) is 12.2. The lowest BCUT2D eigenvalue weighted by Gasteiger charge is -2.10. The average Bonchev–Trinajstić information content (AvgIpc) is 2.56. The summed E-state index contributed by atoms with van der Waals surface area (Å²) in [5.74, 6) is -1.57. The second-order valence-electron chi connectivity index (χ2n) is 4.58. The van der Waals surface area contributed by atoms with Crippen molar-refractivity contribution in [3.63, 3.8) is 0 Å². The Morgan fingerprint density at radius 3 is 2.12 bits per heavy atom. The first kappa shape index (κ1) is 18.4. The Morgan fingerprint density at radius 1 is 1.00 bits per heavy atom. The number of rotatable bonds is 5. The fourth-order valence-electron chi connectivity index (χ4n) is 1.82. The molecule has 0 aliphatic rings. The maximum absolute atomic E-state index is 12.6. The SMILES string of the molecule is COC(=O)[C@@H](N=Nc1ccc(Cl)cc1)C(=O)c1c(Cl)cccc1Cl. The number of azo groups is 1. The van der Waals surface area contributed by atoms with Crippen LogP contribution in [0.1, 0.15) is 10.4 Å². The maximum atomic E-state index is 12.6. The number of ketones is 1. The molecule has 2 aromatic carbocycles. The van der Waals surface area contributed by atoms with Gasteiger partial charge in [-0.2, -0.15) is 10.2 Å². The summed E-state index contributed by atoms with van der Waals surface area (Å²) in [6, 6.07) is 9.45. The first-order chi connectivity index (χ1) is 11.4. The number of nitrogens with zero attached hydrogens (tertiary/aromatic N) is 2. The molecule has 2 aromatic rings. The van der Waals surface area contributed by atoms with E-state index in [4.69, 9.17) is 34.8 Å². The largest absolute Gasteiger partial charge is 0.467 e. The number of ether oxygens (including phenoxy) is 1. The minimum Gasteiger partial charge on any atom is -0.467 e. The van der Waals surface area contributed by atoms with Crippen LogP contribution in [0.15, 0.2) is 52.7 Å². The van der Waals surface area contributed by atoms with Gasteiger partial charge in [-0.3, -0.25) is 4.79 Å². The van der Waals surface area contributed by atoms with Crippen LogP contribution in [-0.4, -0.2) is 24.9 Å². The minimum atomic E-state index is -1.51. The topological polar surface area (TPSA) is 68.1 Å². The fraction of sp³-hybridized carbons (Fsp3) is 0.125. The molecule has 0 unspecified atom stereocenters. The number of hydrogen-bond donors (Lipinski definition) is 0. The summed E-state index contributed by atoms with van der Waals surface area (Å²) in [6.45, 7) is 0. The molecule has 0 aliphatic heterocycles. The number of carbonyl (C=O) groups is 2. The van der Waals surface area contributed by atoms with Crippen LogP contribution in [0.25, 0.3) is 0 Å². The van der Waals surface area contributed by atoms with Crippen LogP contribution in [0.3, 0.4) is 0 Å². The van der Waals surface area contributed by atoms with Crippen molar-refractivity contribution < 1.29 is 14.3 Å². The van der Waals surface area contributed by atoms with Gasteiger partial charge in [-0.05, 0) is 36.4 Å². The molecule has 0 radical (unpaired) electrons. The van der Waals surface area contributed by atoms with Gasteiger partial charge in [0.05, 0.1) is 28.4 Å². The van der Waals surface area contributed by atoms with E-state index in [0.29, 0.717) is 10.7 Å². The fourth-order valence-corrected chi connectivity index (χ4v) is 2.53. The van der Waals surface area contributed by atoms with E-state index in [1.54, 1.807) is 30.3 Å². The van der Waals surface area contributed by atoms with E-state index in [9.17, 15) is 9.59 Å². The minimum absolute atomic E-state index is 0.00807. The van der Waals surface area contributed by atoms with Crippen LogP contribution >= 0.6 is 34.8 Å². The monoisotopic (exact) mass is 384 g/mol. The zero-order valence-corrected chi connectivity index (χ0v) is 14.6. The van der Waals surface area contributed by atoms with Crippen molar-refractivity contribution in [1.29, 1.82) is 0 Å². The Hall–Kier alpha value is -1.95.